The van der Waals surface area contributed by atoms with Crippen LogP contribution in [0.25, 0.3) is 0 Å². The van der Waals surface area contributed by atoms with Gasteiger partial charge in [-0.15, -0.1) is 0 Å². The van der Waals surface area contributed by atoms with Gasteiger partial charge in [0.15, 0.2) is 0 Å². The highest BCUT2D eigenvalue weighted by Gasteiger charge is 2.32. The number of benzene rings is 1. The summed E-state index contributed by atoms with van der Waals surface area (Å²) >= 11 is 0. The molecule has 0 amide bonds. The summed E-state index contributed by atoms with van der Waals surface area (Å²) in [5.41, 5.74) is 7.12. The number of nitrogens with two attached hydrogens (primary N) is 1. The number of hydrogen-bond acceptors (Lipinski definition) is 3. The van der Waals surface area contributed by atoms with Crippen LogP contribution in [0.5, 0.6) is 11.5 Å². The van der Waals surface area contributed by atoms with Crippen LogP contribution >= 0.6 is 0 Å². The van der Waals surface area contributed by atoms with Gasteiger partial charge in [0.1, 0.15) is 17.1 Å². The summed E-state index contributed by atoms with van der Waals surface area (Å²) in [7, 11) is 0. The monoisotopic (exact) mass is 275 g/mol. The Morgan fingerprint density at radius 2 is 2.05 bits per heavy atom. The second kappa shape index (κ2) is 5.28. The molecule has 0 spiro atoms. The molecule has 0 saturated heterocycles. The molecule has 0 bridgehead atoms. The Balaban J connectivity index is 1.71. The lowest BCUT2D eigenvalue weighted by atomic mass is 9.90. The maximum atomic E-state index is 6.22. The second-order valence-electron chi connectivity index (χ2n) is 6.83. The minimum absolute atomic E-state index is 0.0534. The van der Waals surface area contributed by atoms with E-state index in [4.69, 9.17) is 15.2 Å². The van der Waals surface area contributed by atoms with E-state index >= 15 is 0 Å². The average Bonchev–Trinajstić information content (AvgIpc) is 2.87. The summed E-state index contributed by atoms with van der Waals surface area (Å²) in [6.45, 7) is 5.00. The first-order chi connectivity index (χ1) is 9.53. The van der Waals surface area contributed by atoms with Gasteiger partial charge in [-0.3, -0.25) is 0 Å². The number of ether oxygens (including phenoxy) is 2. The van der Waals surface area contributed by atoms with E-state index in [2.05, 4.69) is 19.9 Å². The van der Waals surface area contributed by atoms with Crippen molar-refractivity contribution in [3.05, 3.63) is 23.8 Å². The van der Waals surface area contributed by atoms with Crippen molar-refractivity contribution in [3.63, 3.8) is 0 Å². The molecule has 1 aliphatic carbocycles. The molecule has 1 unspecified atom stereocenters. The van der Waals surface area contributed by atoms with Crippen molar-refractivity contribution in [2.24, 2.45) is 11.7 Å². The first kappa shape index (κ1) is 13.7. The van der Waals surface area contributed by atoms with Crippen molar-refractivity contribution in [3.8, 4) is 11.5 Å². The molecule has 3 rings (SSSR count). The van der Waals surface area contributed by atoms with Gasteiger partial charge in [0.2, 0.25) is 0 Å². The van der Waals surface area contributed by atoms with E-state index in [1.165, 1.54) is 25.7 Å². The van der Waals surface area contributed by atoms with Gasteiger partial charge < -0.3 is 15.2 Å². The molecule has 110 valence electrons. The third kappa shape index (κ3) is 2.93. The van der Waals surface area contributed by atoms with Crippen LogP contribution in [0.15, 0.2) is 18.2 Å². The van der Waals surface area contributed by atoms with E-state index in [1.54, 1.807) is 0 Å². The third-order valence-electron chi connectivity index (χ3n) is 4.44. The molecule has 1 atom stereocenters. The van der Waals surface area contributed by atoms with Crippen molar-refractivity contribution in [2.45, 2.75) is 57.6 Å². The third-order valence-corrected chi connectivity index (χ3v) is 4.44. The summed E-state index contributed by atoms with van der Waals surface area (Å²) in [6.07, 6.45) is 6.16. The van der Waals surface area contributed by atoms with Crippen LogP contribution in [0.2, 0.25) is 0 Å². The lowest BCUT2D eigenvalue weighted by Gasteiger charge is -2.36. The average molecular weight is 275 g/mol. The van der Waals surface area contributed by atoms with Gasteiger partial charge in [0.05, 0.1) is 6.61 Å². The van der Waals surface area contributed by atoms with Gasteiger partial charge in [0, 0.05) is 24.1 Å². The quantitative estimate of drug-likeness (QED) is 0.912. The van der Waals surface area contributed by atoms with E-state index in [1.807, 2.05) is 12.1 Å². The topological polar surface area (TPSA) is 44.5 Å². The molecule has 1 aliphatic heterocycles. The van der Waals surface area contributed by atoms with Crippen LogP contribution < -0.4 is 15.2 Å². The lowest BCUT2D eigenvalue weighted by molar-refractivity contribution is 0.0723. The predicted molar refractivity (Wildman–Crippen MR) is 80.1 cm³/mol. The Bertz CT molecular complexity index is 478. The van der Waals surface area contributed by atoms with Crippen molar-refractivity contribution in [1.82, 2.24) is 0 Å². The molecule has 1 fully saturated rings. The van der Waals surface area contributed by atoms with Crippen LogP contribution in [0.3, 0.4) is 0 Å². The zero-order valence-corrected chi connectivity index (χ0v) is 12.5. The molecule has 20 heavy (non-hydrogen) atoms. The van der Waals surface area contributed by atoms with Crippen molar-refractivity contribution >= 4 is 0 Å². The Kier molecular flexibility index (Phi) is 3.63. The van der Waals surface area contributed by atoms with Gasteiger partial charge in [-0.05, 0) is 38.7 Å². The van der Waals surface area contributed by atoms with Crippen molar-refractivity contribution < 1.29 is 9.47 Å². The predicted octanol–water partition coefficient (Wildman–Crippen LogP) is 3.82. The van der Waals surface area contributed by atoms with Gasteiger partial charge >= 0.3 is 0 Å². The fourth-order valence-electron chi connectivity index (χ4n) is 3.37. The first-order valence-electron chi connectivity index (χ1n) is 7.75. The molecular weight excluding hydrogens is 250 g/mol. The molecule has 1 saturated carbocycles. The summed E-state index contributed by atoms with van der Waals surface area (Å²) in [4.78, 5) is 0. The van der Waals surface area contributed by atoms with Crippen LogP contribution in [0.4, 0.5) is 0 Å². The highest BCUT2D eigenvalue weighted by molar-refractivity contribution is 5.44. The first-order valence-corrected chi connectivity index (χ1v) is 7.75. The number of fused-ring (bicyclic) bond motifs is 1. The number of hydrogen-bond donors (Lipinski definition) is 1. The molecule has 0 radical (unpaired) electrons. The lowest BCUT2D eigenvalue weighted by Crippen LogP contribution is -2.37. The van der Waals surface area contributed by atoms with Gasteiger partial charge in [0.25, 0.3) is 0 Å². The van der Waals surface area contributed by atoms with Crippen LogP contribution in [0, 0.1) is 5.92 Å². The SMILES string of the molecule is CC1(C)CC(N)c2ccc(OCC3CCCC3)cc2O1. The fourth-order valence-corrected chi connectivity index (χ4v) is 3.37. The standard InChI is InChI=1S/C17H25NO2/c1-17(2)10-15(18)14-8-7-13(9-16(14)20-17)19-11-12-5-3-4-6-12/h7-9,12,15H,3-6,10-11,18H2,1-2H3. The summed E-state index contributed by atoms with van der Waals surface area (Å²) < 4.78 is 12.0. The molecule has 1 aromatic carbocycles. The van der Waals surface area contributed by atoms with Gasteiger partial charge in [-0.1, -0.05) is 18.9 Å². The minimum Gasteiger partial charge on any atom is -0.493 e. The van der Waals surface area contributed by atoms with Crippen molar-refractivity contribution in [1.29, 1.82) is 0 Å². The van der Waals surface area contributed by atoms with E-state index in [-0.39, 0.29) is 11.6 Å². The van der Waals surface area contributed by atoms with Crippen molar-refractivity contribution in [2.75, 3.05) is 6.61 Å². The number of rotatable bonds is 3. The Labute approximate surface area is 121 Å². The summed E-state index contributed by atoms with van der Waals surface area (Å²) in [6, 6.07) is 6.14. The molecule has 3 heteroatoms. The summed E-state index contributed by atoms with van der Waals surface area (Å²) in [5.74, 6) is 2.52. The molecule has 2 aliphatic rings. The second-order valence-corrected chi connectivity index (χ2v) is 6.83. The minimum atomic E-state index is -0.198. The zero-order valence-electron chi connectivity index (χ0n) is 12.5. The Morgan fingerprint density at radius 1 is 1.30 bits per heavy atom. The Morgan fingerprint density at radius 3 is 2.80 bits per heavy atom. The van der Waals surface area contributed by atoms with Crippen LogP contribution in [-0.2, 0) is 0 Å². The van der Waals surface area contributed by atoms with E-state index < -0.39 is 0 Å². The molecule has 3 nitrogen and oxygen atoms in total. The smallest absolute Gasteiger partial charge is 0.128 e. The maximum absolute atomic E-state index is 6.22. The van der Waals surface area contributed by atoms with E-state index in [0.717, 1.165) is 36.0 Å². The molecule has 1 heterocycles. The summed E-state index contributed by atoms with van der Waals surface area (Å²) in [5, 5.41) is 0. The van der Waals surface area contributed by atoms with Gasteiger partial charge in [-0.2, -0.15) is 0 Å². The van der Waals surface area contributed by atoms with Crippen LogP contribution in [0.1, 0.15) is 57.6 Å². The molecule has 0 aromatic heterocycles. The highest BCUT2D eigenvalue weighted by Crippen LogP contribution is 2.40. The normalized spacial score (nSPS) is 25.1. The molecule has 2 N–H and O–H groups in total. The highest BCUT2D eigenvalue weighted by atomic mass is 16.5. The van der Waals surface area contributed by atoms with E-state index in [9.17, 15) is 0 Å². The largest absolute Gasteiger partial charge is 0.493 e. The Hall–Kier alpha value is -1.22. The molecule has 1 aromatic rings. The van der Waals surface area contributed by atoms with Gasteiger partial charge in [-0.25, -0.2) is 0 Å². The van der Waals surface area contributed by atoms with Crippen LogP contribution in [-0.4, -0.2) is 12.2 Å². The maximum Gasteiger partial charge on any atom is 0.128 e. The fraction of sp³-hybridized carbons (Fsp3) is 0.647. The van der Waals surface area contributed by atoms with E-state index in [0.29, 0.717) is 0 Å². The molecular formula is C17H25NO2. The zero-order chi connectivity index (χ0) is 14.2.